The number of carbonyl (C=O) groups excluding carboxylic acids is 1. The van der Waals surface area contributed by atoms with E-state index in [1.54, 1.807) is 0 Å². The van der Waals surface area contributed by atoms with Crippen molar-refractivity contribution in [3.63, 3.8) is 0 Å². The fourth-order valence-corrected chi connectivity index (χ4v) is 3.60. The van der Waals surface area contributed by atoms with Crippen molar-refractivity contribution < 1.29 is 19.0 Å². The molecule has 4 aliphatic rings. The SMILES string of the molecule is CCOC(=O)N1C[C@H]2CC[C@@H]1CC21OCC(C)(C)CO1. The van der Waals surface area contributed by atoms with Gasteiger partial charge in [0.25, 0.3) is 0 Å². The molecule has 1 saturated carbocycles. The lowest BCUT2D eigenvalue weighted by molar-refractivity contribution is -0.349. The van der Waals surface area contributed by atoms with Crippen LogP contribution in [0.1, 0.15) is 40.0 Å². The normalized spacial score (nSPS) is 34.2. The number of nitrogens with zero attached hydrogens (tertiary/aromatic N) is 1. The molecule has 0 radical (unpaired) electrons. The van der Waals surface area contributed by atoms with E-state index in [4.69, 9.17) is 14.2 Å². The minimum absolute atomic E-state index is 0.0861. The summed E-state index contributed by atoms with van der Waals surface area (Å²) in [5.74, 6) is -0.186. The Kier molecular flexibility index (Phi) is 3.45. The van der Waals surface area contributed by atoms with Crippen LogP contribution in [0, 0.1) is 11.3 Å². The maximum Gasteiger partial charge on any atom is 0.410 e. The van der Waals surface area contributed by atoms with Gasteiger partial charge in [-0.05, 0) is 19.8 Å². The summed E-state index contributed by atoms with van der Waals surface area (Å²) in [5.41, 5.74) is 0.0861. The molecule has 3 heterocycles. The van der Waals surface area contributed by atoms with E-state index in [1.165, 1.54) is 0 Å². The molecular formula is C15H25NO4. The predicted octanol–water partition coefficient (Wildman–Crippen LogP) is 2.40. The Bertz CT molecular complexity index is 385. The van der Waals surface area contributed by atoms with E-state index < -0.39 is 5.79 Å². The largest absolute Gasteiger partial charge is 0.450 e. The number of fused-ring (bicyclic) bond motifs is 2. The highest BCUT2D eigenvalue weighted by atomic mass is 16.7. The van der Waals surface area contributed by atoms with Gasteiger partial charge in [-0.2, -0.15) is 0 Å². The molecule has 0 aromatic rings. The Morgan fingerprint density at radius 2 is 2.00 bits per heavy atom. The van der Waals surface area contributed by atoms with Gasteiger partial charge in [-0.15, -0.1) is 0 Å². The molecule has 5 nitrogen and oxygen atoms in total. The van der Waals surface area contributed by atoms with Crippen LogP contribution in [0.15, 0.2) is 0 Å². The third kappa shape index (κ3) is 2.31. The zero-order chi connectivity index (χ0) is 14.4. The molecule has 2 bridgehead atoms. The lowest BCUT2D eigenvalue weighted by Gasteiger charge is -2.57. The van der Waals surface area contributed by atoms with E-state index in [0.29, 0.717) is 13.2 Å². The molecule has 0 N–H and O–H groups in total. The number of ether oxygens (including phenoxy) is 3. The summed E-state index contributed by atoms with van der Waals surface area (Å²) in [4.78, 5) is 13.9. The first kappa shape index (κ1) is 14.1. The molecule has 0 unspecified atom stereocenters. The summed E-state index contributed by atoms with van der Waals surface area (Å²) in [7, 11) is 0. The van der Waals surface area contributed by atoms with Gasteiger partial charge in [0.1, 0.15) is 0 Å². The van der Waals surface area contributed by atoms with Crippen LogP contribution in [-0.4, -0.2) is 49.2 Å². The van der Waals surface area contributed by atoms with E-state index in [2.05, 4.69) is 13.8 Å². The van der Waals surface area contributed by atoms with Gasteiger partial charge in [0.2, 0.25) is 0 Å². The van der Waals surface area contributed by atoms with Gasteiger partial charge in [-0.25, -0.2) is 4.79 Å². The standard InChI is InChI=1S/C15H25NO4/c1-4-18-13(17)16-8-11-5-6-12(16)7-15(11)19-9-14(2,3)10-20-15/h11-12H,4-10H2,1-3H3/t11-,12-/m1/s1. The van der Waals surface area contributed by atoms with Gasteiger partial charge < -0.3 is 19.1 Å². The van der Waals surface area contributed by atoms with Crippen molar-refractivity contribution in [1.82, 2.24) is 4.90 Å². The number of hydrogen-bond donors (Lipinski definition) is 0. The molecule has 1 aliphatic carbocycles. The highest BCUT2D eigenvalue weighted by molar-refractivity contribution is 5.68. The van der Waals surface area contributed by atoms with Crippen molar-refractivity contribution in [2.75, 3.05) is 26.4 Å². The molecule has 0 aromatic heterocycles. The Balaban J connectivity index is 1.70. The second-order valence-electron chi connectivity index (χ2n) is 7.04. The molecule has 4 fully saturated rings. The highest BCUT2D eigenvalue weighted by Gasteiger charge is 2.56. The third-order valence-corrected chi connectivity index (χ3v) is 4.77. The van der Waals surface area contributed by atoms with Crippen LogP contribution >= 0.6 is 0 Å². The van der Waals surface area contributed by atoms with Gasteiger partial charge in [0.15, 0.2) is 5.79 Å². The fraction of sp³-hybridized carbons (Fsp3) is 0.933. The summed E-state index contributed by atoms with van der Waals surface area (Å²) in [6.45, 7) is 8.75. The first-order chi connectivity index (χ1) is 9.46. The molecular weight excluding hydrogens is 258 g/mol. The molecule has 20 heavy (non-hydrogen) atoms. The Hall–Kier alpha value is -0.810. The van der Waals surface area contributed by atoms with Crippen LogP contribution in [-0.2, 0) is 14.2 Å². The van der Waals surface area contributed by atoms with Gasteiger partial charge in [0, 0.05) is 30.3 Å². The fourth-order valence-electron chi connectivity index (χ4n) is 3.60. The lowest BCUT2D eigenvalue weighted by atomic mass is 9.74. The average Bonchev–Trinajstić information content (AvgIpc) is 2.43. The maximum atomic E-state index is 12.0. The van der Waals surface area contributed by atoms with Gasteiger partial charge >= 0.3 is 6.09 Å². The number of piperidine rings is 2. The Morgan fingerprint density at radius 3 is 2.55 bits per heavy atom. The topological polar surface area (TPSA) is 48.0 Å². The Morgan fingerprint density at radius 1 is 1.30 bits per heavy atom. The van der Waals surface area contributed by atoms with Crippen LogP contribution in [0.5, 0.6) is 0 Å². The number of rotatable bonds is 1. The minimum Gasteiger partial charge on any atom is -0.450 e. The van der Waals surface area contributed by atoms with Crippen LogP contribution in [0.3, 0.4) is 0 Å². The summed E-state index contributed by atoms with van der Waals surface area (Å²) >= 11 is 0. The van der Waals surface area contributed by atoms with Crippen LogP contribution in [0.2, 0.25) is 0 Å². The summed E-state index contributed by atoms with van der Waals surface area (Å²) in [6.07, 6.45) is 2.70. The van der Waals surface area contributed by atoms with Crippen molar-refractivity contribution in [3.05, 3.63) is 0 Å². The van der Waals surface area contributed by atoms with E-state index in [9.17, 15) is 4.79 Å². The quantitative estimate of drug-likeness (QED) is 0.741. The first-order valence-corrected chi connectivity index (χ1v) is 7.67. The Labute approximate surface area is 120 Å². The molecule has 1 amide bonds. The van der Waals surface area contributed by atoms with Crippen molar-refractivity contribution in [2.45, 2.75) is 51.9 Å². The van der Waals surface area contributed by atoms with E-state index in [0.717, 1.165) is 32.5 Å². The van der Waals surface area contributed by atoms with E-state index in [1.807, 2.05) is 11.8 Å². The van der Waals surface area contributed by atoms with Crippen molar-refractivity contribution >= 4 is 6.09 Å². The molecule has 3 saturated heterocycles. The van der Waals surface area contributed by atoms with Gasteiger partial charge in [0.05, 0.1) is 19.8 Å². The molecule has 1 spiro atoms. The maximum absolute atomic E-state index is 12.0. The minimum atomic E-state index is -0.457. The highest BCUT2D eigenvalue weighted by Crippen LogP contribution is 2.48. The zero-order valence-corrected chi connectivity index (χ0v) is 12.7. The molecule has 114 valence electrons. The molecule has 5 heteroatoms. The number of amides is 1. The monoisotopic (exact) mass is 283 g/mol. The van der Waals surface area contributed by atoms with Gasteiger partial charge in [-0.1, -0.05) is 13.8 Å². The summed E-state index contributed by atoms with van der Waals surface area (Å²) < 4.78 is 17.4. The zero-order valence-electron chi connectivity index (χ0n) is 12.7. The van der Waals surface area contributed by atoms with Crippen LogP contribution < -0.4 is 0 Å². The van der Waals surface area contributed by atoms with Crippen LogP contribution in [0.4, 0.5) is 4.79 Å². The smallest absolute Gasteiger partial charge is 0.410 e. The van der Waals surface area contributed by atoms with Gasteiger partial charge in [-0.3, -0.25) is 0 Å². The molecule has 3 aliphatic heterocycles. The first-order valence-electron chi connectivity index (χ1n) is 7.67. The third-order valence-electron chi connectivity index (χ3n) is 4.77. The van der Waals surface area contributed by atoms with Crippen molar-refractivity contribution in [3.8, 4) is 0 Å². The molecule has 4 rings (SSSR count). The van der Waals surface area contributed by atoms with Crippen molar-refractivity contribution in [1.29, 1.82) is 0 Å². The van der Waals surface area contributed by atoms with E-state index >= 15 is 0 Å². The number of carbonyl (C=O) groups is 1. The molecule has 2 atom stereocenters. The average molecular weight is 283 g/mol. The molecule has 0 aromatic carbocycles. The van der Waals surface area contributed by atoms with E-state index in [-0.39, 0.29) is 23.5 Å². The summed E-state index contributed by atoms with van der Waals surface area (Å²) in [5, 5.41) is 0. The van der Waals surface area contributed by atoms with Crippen LogP contribution in [0.25, 0.3) is 0 Å². The number of hydrogen-bond acceptors (Lipinski definition) is 4. The second-order valence-corrected chi connectivity index (χ2v) is 7.04. The van der Waals surface area contributed by atoms with Crippen molar-refractivity contribution in [2.24, 2.45) is 11.3 Å². The lowest BCUT2D eigenvalue weighted by Crippen LogP contribution is -2.66. The second kappa shape index (κ2) is 4.88. The predicted molar refractivity (Wildman–Crippen MR) is 73.3 cm³/mol. The summed E-state index contributed by atoms with van der Waals surface area (Å²) in [6, 6.07) is 0.195.